The van der Waals surface area contributed by atoms with Crippen LogP contribution in [0.1, 0.15) is 32.1 Å². The fourth-order valence-corrected chi connectivity index (χ4v) is 3.16. The normalized spacial score (nSPS) is 14.4. The number of rotatable bonds is 7. The third-order valence-corrected chi connectivity index (χ3v) is 4.59. The smallest absolute Gasteiger partial charge is 0.191 e. The number of fused-ring (bicyclic) bond motifs is 1. The predicted octanol–water partition coefficient (Wildman–Crippen LogP) is 2.45. The number of allylic oxidation sites excluding steroid dienone is 1. The molecular formula is C18H29IN8. The first-order chi connectivity index (χ1) is 12.8. The summed E-state index contributed by atoms with van der Waals surface area (Å²) in [5.74, 6) is 1.63. The van der Waals surface area contributed by atoms with Gasteiger partial charge in [-0.15, -0.1) is 24.0 Å². The Balaban J connectivity index is 0.00000261. The Morgan fingerprint density at radius 1 is 1.19 bits per heavy atom. The van der Waals surface area contributed by atoms with Crippen LogP contribution in [-0.2, 0) is 7.05 Å². The number of guanidine groups is 1. The second-order valence-corrected chi connectivity index (χ2v) is 6.44. The summed E-state index contributed by atoms with van der Waals surface area (Å²) < 4.78 is 1.74. The van der Waals surface area contributed by atoms with Crippen LogP contribution in [0.3, 0.4) is 0 Å². The molecule has 148 valence electrons. The summed E-state index contributed by atoms with van der Waals surface area (Å²) in [5.41, 5.74) is 2.40. The number of aliphatic imine (C=N–C) groups is 1. The van der Waals surface area contributed by atoms with Crippen LogP contribution in [0.25, 0.3) is 11.0 Å². The number of aryl methyl sites for hydroxylation is 1. The molecule has 0 saturated heterocycles. The van der Waals surface area contributed by atoms with E-state index in [4.69, 9.17) is 0 Å². The van der Waals surface area contributed by atoms with E-state index in [1.54, 1.807) is 29.8 Å². The number of hydrogen-bond acceptors (Lipinski definition) is 5. The van der Waals surface area contributed by atoms with Crippen molar-refractivity contribution in [2.45, 2.75) is 32.1 Å². The molecule has 0 spiro atoms. The number of aromatic nitrogens is 4. The van der Waals surface area contributed by atoms with Gasteiger partial charge in [0.15, 0.2) is 11.6 Å². The molecule has 1 aliphatic rings. The Bertz CT molecular complexity index is 783. The Kier molecular flexibility index (Phi) is 8.76. The predicted molar refractivity (Wildman–Crippen MR) is 121 cm³/mol. The second-order valence-electron chi connectivity index (χ2n) is 6.44. The average Bonchev–Trinajstić information content (AvgIpc) is 3.06. The average molecular weight is 484 g/mol. The van der Waals surface area contributed by atoms with E-state index in [0.717, 1.165) is 48.9 Å². The van der Waals surface area contributed by atoms with Crippen molar-refractivity contribution in [3.05, 3.63) is 24.2 Å². The molecular weight excluding hydrogens is 455 g/mol. The highest BCUT2D eigenvalue weighted by Gasteiger charge is 2.07. The molecule has 0 saturated carbocycles. The van der Waals surface area contributed by atoms with Crippen LogP contribution in [0.15, 0.2) is 29.2 Å². The molecule has 2 aromatic rings. The lowest BCUT2D eigenvalue weighted by Gasteiger charge is -2.15. The fraction of sp³-hybridized carbons (Fsp3) is 0.556. The molecule has 8 nitrogen and oxygen atoms in total. The Morgan fingerprint density at radius 2 is 2.04 bits per heavy atom. The maximum Gasteiger partial charge on any atom is 0.191 e. The summed E-state index contributed by atoms with van der Waals surface area (Å²) in [4.78, 5) is 12.8. The Labute approximate surface area is 177 Å². The summed E-state index contributed by atoms with van der Waals surface area (Å²) in [6, 6.07) is 0. The number of nitrogens with one attached hydrogen (secondary N) is 3. The van der Waals surface area contributed by atoms with Gasteiger partial charge in [0.1, 0.15) is 12.1 Å². The van der Waals surface area contributed by atoms with Gasteiger partial charge in [0.25, 0.3) is 0 Å². The molecule has 0 atom stereocenters. The lowest BCUT2D eigenvalue weighted by Crippen LogP contribution is -2.40. The maximum atomic E-state index is 4.30. The van der Waals surface area contributed by atoms with E-state index in [1.165, 1.54) is 25.7 Å². The fourth-order valence-electron chi connectivity index (χ4n) is 3.16. The van der Waals surface area contributed by atoms with Gasteiger partial charge >= 0.3 is 0 Å². The number of nitrogens with zero attached hydrogens (tertiary/aromatic N) is 5. The zero-order valence-corrected chi connectivity index (χ0v) is 18.4. The maximum absolute atomic E-state index is 4.30. The Morgan fingerprint density at radius 3 is 2.81 bits per heavy atom. The standard InChI is InChI=1S/C18H28N8.HI/c1-19-18(21-9-8-14-6-4-3-5-7-14)22-11-10-20-16-15-12-25-26(2)17(15)24-13-23-16;/h6,12-13H,3-5,7-11H2,1-2H3,(H2,19,21,22)(H,20,23,24);1H. The van der Waals surface area contributed by atoms with Gasteiger partial charge < -0.3 is 16.0 Å². The third-order valence-electron chi connectivity index (χ3n) is 4.59. The van der Waals surface area contributed by atoms with Crippen molar-refractivity contribution in [3.8, 4) is 0 Å². The van der Waals surface area contributed by atoms with Crippen molar-refractivity contribution in [3.63, 3.8) is 0 Å². The highest BCUT2D eigenvalue weighted by molar-refractivity contribution is 14.0. The van der Waals surface area contributed by atoms with Crippen molar-refractivity contribution >= 4 is 46.8 Å². The minimum Gasteiger partial charge on any atom is -0.368 e. The van der Waals surface area contributed by atoms with Gasteiger partial charge in [-0.25, -0.2) is 9.97 Å². The monoisotopic (exact) mass is 484 g/mol. The van der Waals surface area contributed by atoms with Crippen molar-refractivity contribution in [1.82, 2.24) is 30.4 Å². The van der Waals surface area contributed by atoms with E-state index >= 15 is 0 Å². The van der Waals surface area contributed by atoms with Crippen molar-refractivity contribution < 1.29 is 0 Å². The van der Waals surface area contributed by atoms with Crippen LogP contribution >= 0.6 is 24.0 Å². The first kappa shape index (κ1) is 21.4. The molecule has 0 fully saturated rings. The van der Waals surface area contributed by atoms with Crippen LogP contribution < -0.4 is 16.0 Å². The van der Waals surface area contributed by atoms with Crippen LogP contribution in [-0.4, -0.2) is 52.4 Å². The summed E-state index contributed by atoms with van der Waals surface area (Å²) in [7, 11) is 3.67. The van der Waals surface area contributed by atoms with Gasteiger partial charge in [0.2, 0.25) is 0 Å². The van der Waals surface area contributed by atoms with Gasteiger partial charge in [-0.3, -0.25) is 9.67 Å². The molecule has 3 rings (SSSR count). The summed E-state index contributed by atoms with van der Waals surface area (Å²) in [5, 5.41) is 15.2. The van der Waals surface area contributed by atoms with Gasteiger partial charge in [0, 0.05) is 33.7 Å². The lowest BCUT2D eigenvalue weighted by molar-refractivity contribution is 0.665. The number of hydrogen-bond donors (Lipinski definition) is 3. The summed E-state index contributed by atoms with van der Waals surface area (Å²) >= 11 is 0. The van der Waals surface area contributed by atoms with Crippen molar-refractivity contribution in [2.75, 3.05) is 32.0 Å². The molecule has 0 unspecified atom stereocenters. The van der Waals surface area contributed by atoms with Gasteiger partial charge in [-0.2, -0.15) is 5.10 Å². The highest BCUT2D eigenvalue weighted by atomic mass is 127. The van der Waals surface area contributed by atoms with E-state index in [0.29, 0.717) is 0 Å². The molecule has 0 amide bonds. The van der Waals surface area contributed by atoms with Crippen molar-refractivity contribution in [2.24, 2.45) is 12.0 Å². The van der Waals surface area contributed by atoms with Crippen LogP contribution in [0.5, 0.6) is 0 Å². The molecule has 0 aromatic carbocycles. The highest BCUT2D eigenvalue weighted by Crippen LogP contribution is 2.19. The topological polar surface area (TPSA) is 92.1 Å². The summed E-state index contributed by atoms with van der Waals surface area (Å²) in [6.45, 7) is 2.39. The molecule has 2 heterocycles. The molecule has 3 N–H and O–H groups in total. The molecule has 9 heteroatoms. The van der Waals surface area contributed by atoms with E-state index in [-0.39, 0.29) is 24.0 Å². The van der Waals surface area contributed by atoms with Gasteiger partial charge in [-0.1, -0.05) is 11.6 Å². The lowest BCUT2D eigenvalue weighted by atomic mass is 9.97. The van der Waals surface area contributed by atoms with Crippen molar-refractivity contribution in [1.29, 1.82) is 0 Å². The number of halogens is 1. The largest absolute Gasteiger partial charge is 0.368 e. The molecule has 0 radical (unpaired) electrons. The zero-order chi connectivity index (χ0) is 18.2. The second kappa shape index (κ2) is 11.1. The minimum atomic E-state index is 0. The van der Waals surface area contributed by atoms with Gasteiger partial charge in [0.05, 0.1) is 11.6 Å². The van der Waals surface area contributed by atoms with E-state index in [1.807, 2.05) is 7.05 Å². The zero-order valence-electron chi connectivity index (χ0n) is 16.0. The SMILES string of the molecule is CN=C(NCCNc1ncnc2c1cnn2C)NCCC1=CCCCC1.I. The quantitative estimate of drug-likeness (QED) is 0.184. The minimum absolute atomic E-state index is 0. The van der Waals surface area contributed by atoms with Crippen LogP contribution in [0.4, 0.5) is 5.82 Å². The van der Waals surface area contributed by atoms with E-state index < -0.39 is 0 Å². The Hall–Kier alpha value is -1.91. The van der Waals surface area contributed by atoms with E-state index in [2.05, 4.69) is 42.1 Å². The van der Waals surface area contributed by atoms with E-state index in [9.17, 15) is 0 Å². The number of anilines is 1. The molecule has 0 aliphatic heterocycles. The summed E-state index contributed by atoms with van der Waals surface area (Å²) in [6.07, 6.45) is 12.0. The molecule has 1 aliphatic carbocycles. The van der Waals surface area contributed by atoms with Crippen LogP contribution in [0, 0.1) is 0 Å². The molecule has 2 aromatic heterocycles. The molecule has 27 heavy (non-hydrogen) atoms. The third kappa shape index (κ3) is 6.05. The van der Waals surface area contributed by atoms with Gasteiger partial charge in [-0.05, 0) is 32.1 Å². The molecule has 0 bridgehead atoms. The first-order valence-electron chi connectivity index (χ1n) is 9.27. The first-order valence-corrected chi connectivity index (χ1v) is 9.27. The van der Waals surface area contributed by atoms with Crippen LogP contribution in [0.2, 0.25) is 0 Å².